The van der Waals surface area contributed by atoms with Gasteiger partial charge in [-0.3, -0.25) is 9.78 Å². The maximum atomic E-state index is 14.0. The van der Waals surface area contributed by atoms with Gasteiger partial charge in [0.1, 0.15) is 12.2 Å². The lowest BCUT2D eigenvalue weighted by atomic mass is 10.0. The maximum absolute atomic E-state index is 14.0. The van der Waals surface area contributed by atoms with Crippen molar-refractivity contribution in [3.8, 4) is 17.5 Å². The van der Waals surface area contributed by atoms with Gasteiger partial charge in [0.25, 0.3) is 5.91 Å². The van der Waals surface area contributed by atoms with E-state index in [-0.39, 0.29) is 12.1 Å². The number of nitrogens with zero attached hydrogens (tertiary/aromatic N) is 4. The zero-order valence-electron chi connectivity index (χ0n) is 17.0. The molecule has 8 nitrogen and oxygen atoms in total. The fraction of sp³-hybridized carbons (Fsp3) is 0.333. The van der Waals surface area contributed by atoms with Crippen molar-refractivity contribution < 1.29 is 14.3 Å². The summed E-state index contributed by atoms with van der Waals surface area (Å²) < 4.78 is 15.6. The number of anilines is 1. The Kier molecular flexibility index (Phi) is 5.99. The number of amides is 1. The summed E-state index contributed by atoms with van der Waals surface area (Å²) in [6.07, 6.45) is 1.29. The monoisotopic (exact) mass is 410 g/mol. The smallest absolute Gasteiger partial charge is 0.255 e. The van der Waals surface area contributed by atoms with E-state index in [1.165, 1.54) is 26.2 Å². The molecule has 3 rings (SSSR count). The number of nitriles is 1. The highest BCUT2D eigenvalue weighted by atomic mass is 19.1. The van der Waals surface area contributed by atoms with Crippen LogP contribution in [0.5, 0.6) is 0 Å². The third-order valence-corrected chi connectivity index (χ3v) is 4.62. The van der Waals surface area contributed by atoms with Crippen LogP contribution < -0.4 is 10.6 Å². The zero-order valence-corrected chi connectivity index (χ0v) is 17.0. The summed E-state index contributed by atoms with van der Waals surface area (Å²) in [5.41, 5.74) is 1.75. The van der Waals surface area contributed by atoms with Crippen LogP contribution in [0.4, 0.5) is 10.1 Å². The highest BCUT2D eigenvalue weighted by molar-refractivity contribution is 5.99. The molecule has 1 atom stereocenters. The molecule has 9 heteroatoms. The summed E-state index contributed by atoms with van der Waals surface area (Å²) >= 11 is 0. The Balaban J connectivity index is 1.90. The summed E-state index contributed by atoms with van der Waals surface area (Å²) in [5, 5.41) is 28.6. The summed E-state index contributed by atoms with van der Waals surface area (Å²) in [6.45, 7) is 4.84. The van der Waals surface area contributed by atoms with Gasteiger partial charge in [0, 0.05) is 12.7 Å². The van der Waals surface area contributed by atoms with Crippen LogP contribution in [0.1, 0.15) is 36.7 Å². The summed E-state index contributed by atoms with van der Waals surface area (Å²) in [7, 11) is 0. The second-order valence-corrected chi connectivity index (χ2v) is 7.39. The standard InChI is InChI=1S/C21H23FN6O2/c1-4-24-16-8-17(18-6-5-14-7-13(9-23)10-27-28(14)18)25-11-15(16)20(29)26-12-19(22)21(2,3)30/h5-8,10-11,19,30H,4,12H2,1-3H3,(H,24,25)(H,26,29). The van der Waals surface area contributed by atoms with E-state index in [4.69, 9.17) is 5.26 Å². The van der Waals surface area contributed by atoms with E-state index in [2.05, 4.69) is 26.8 Å². The lowest BCUT2D eigenvalue weighted by Crippen LogP contribution is -2.42. The summed E-state index contributed by atoms with van der Waals surface area (Å²) in [6, 6.07) is 9.16. The molecule has 0 spiro atoms. The van der Waals surface area contributed by atoms with Crippen LogP contribution in [0, 0.1) is 11.3 Å². The van der Waals surface area contributed by atoms with E-state index in [1.807, 2.05) is 19.1 Å². The van der Waals surface area contributed by atoms with Gasteiger partial charge in [-0.25, -0.2) is 8.91 Å². The molecule has 0 aliphatic carbocycles. The number of aliphatic hydroxyl groups is 1. The Morgan fingerprint density at radius 3 is 2.80 bits per heavy atom. The van der Waals surface area contributed by atoms with E-state index in [0.29, 0.717) is 29.2 Å². The molecule has 0 fully saturated rings. The first-order chi connectivity index (χ1) is 14.2. The first-order valence-electron chi connectivity index (χ1n) is 9.51. The largest absolute Gasteiger partial charge is 0.387 e. The van der Waals surface area contributed by atoms with Crippen LogP contribution >= 0.6 is 0 Å². The molecule has 0 bridgehead atoms. The molecule has 0 aromatic carbocycles. The van der Waals surface area contributed by atoms with Crippen LogP contribution in [0.25, 0.3) is 16.9 Å². The van der Waals surface area contributed by atoms with Gasteiger partial charge < -0.3 is 15.7 Å². The average Bonchev–Trinajstić information content (AvgIpc) is 3.14. The molecular formula is C21H23FN6O2. The molecule has 156 valence electrons. The number of carbonyl (C=O) groups is 1. The number of alkyl halides is 1. The van der Waals surface area contributed by atoms with Crippen molar-refractivity contribution in [1.82, 2.24) is 19.9 Å². The summed E-state index contributed by atoms with van der Waals surface area (Å²) in [4.78, 5) is 16.9. The van der Waals surface area contributed by atoms with E-state index < -0.39 is 17.7 Å². The Bertz CT molecular complexity index is 1110. The van der Waals surface area contributed by atoms with E-state index in [0.717, 1.165) is 5.52 Å². The van der Waals surface area contributed by atoms with Crippen molar-refractivity contribution >= 4 is 17.1 Å². The van der Waals surface area contributed by atoms with Crippen molar-refractivity contribution in [2.45, 2.75) is 32.5 Å². The molecule has 3 aromatic heterocycles. The molecule has 1 amide bonds. The average molecular weight is 410 g/mol. The molecule has 1 unspecified atom stereocenters. The molecule has 0 saturated carbocycles. The third kappa shape index (κ3) is 4.39. The number of halogens is 1. The number of carbonyl (C=O) groups excluding carboxylic acids is 1. The van der Waals surface area contributed by atoms with Crippen molar-refractivity contribution in [3.05, 3.63) is 47.8 Å². The van der Waals surface area contributed by atoms with Crippen LogP contribution in [0.2, 0.25) is 0 Å². The lowest BCUT2D eigenvalue weighted by Gasteiger charge is -2.22. The predicted molar refractivity (Wildman–Crippen MR) is 111 cm³/mol. The summed E-state index contributed by atoms with van der Waals surface area (Å²) in [5.74, 6) is -0.492. The van der Waals surface area contributed by atoms with Gasteiger partial charge in [0.2, 0.25) is 0 Å². The first-order valence-corrected chi connectivity index (χ1v) is 9.51. The second kappa shape index (κ2) is 8.47. The first kappa shape index (κ1) is 21.2. The van der Waals surface area contributed by atoms with Crippen LogP contribution in [-0.2, 0) is 0 Å². The van der Waals surface area contributed by atoms with Gasteiger partial charge in [0.15, 0.2) is 0 Å². The van der Waals surface area contributed by atoms with Gasteiger partial charge in [-0.15, -0.1) is 0 Å². The Labute approximate surface area is 173 Å². The molecule has 3 heterocycles. The fourth-order valence-corrected chi connectivity index (χ4v) is 2.89. The van der Waals surface area contributed by atoms with Gasteiger partial charge in [0.05, 0.1) is 52.1 Å². The number of aromatic nitrogens is 3. The Morgan fingerprint density at radius 2 is 2.13 bits per heavy atom. The SMILES string of the molecule is CCNc1cc(-c2ccc3cc(C#N)cnn23)ncc1C(=O)NCC(F)C(C)(C)O. The molecule has 30 heavy (non-hydrogen) atoms. The normalized spacial score (nSPS) is 12.4. The van der Waals surface area contributed by atoms with E-state index >= 15 is 0 Å². The fourth-order valence-electron chi connectivity index (χ4n) is 2.89. The van der Waals surface area contributed by atoms with Crippen LogP contribution in [0.3, 0.4) is 0 Å². The van der Waals surface area contributed by atoms with Crippen LogP contribution in [-0.4, -0.2) is 50.5 Å². The molecule has 0 radical (unpaired) electrons. The number of hydrogen-bond donors (Lipinski definition) is 3. The van der Waals surface area contributed by atoms with E-state index in [1.54, 1.807) is 16.6 Å². The molecule has 0 aliphatic rings. The number of rotatable bonds is 7. The molecule has 3 aromatic rings. The van der Waals surface area contributed by atoms with Crippen molar-refractivity contribution in [2.24, 2.45) is 0 Å². The van der Waals surface area contributed by atoms with Crippen molar-refractivity contribution in [3.63, 3.8) is 0 Å². The van der Waals surface area contributed by atoms with E-state index in [9.17, 15) is 14.3 Å². The highest BCUT2D eigenvalue weighted by Gasteiger charge is 2.27. The third-order valence-electron chi connectivity index (χ3n) is 4.62. The predicted octanol–water partition coefficient (Wildman–Crippen LogP) is 2.54. The Morgan fingerprint density at radius 1 is 1.37 bits per heavy atom. The van der Waals surface area contributed by atoms with Crippen molar-refractivity contribution in [2.75, 3.05) is 18.4 Å². The Hall–Kier alpha value is -3.51. The maximum Gasteiger partial charge on any atom is 0.255 e. The van der Waals surface area contributed by atoms with Gasteiger partial charge in [-0.2, -0.15) is 10.4 Å². The number of pyridine rings is 1. The molecule has 0 aliphatic heterocycles. The number of fused-ring (bicyclic) bond motifs is 1. The minimum Gasteiger partial charge on any atom is -0.387 e. The zero-order chi connectivity index (χ0) is 21.9. The number of nitrogens with one attached hydrogen (secondary N) is 2. The van der Waals surface area contributed by atoms with Gasteiger partial charge in [-0.1, -0.05) is 0 Å². The highest BCUT2D eigenvalue weighted by Crippen LogP contribution is 2.25. The minimum atomic E-state index is -1.60. The molecule has 0 saturated heterocycles. The molecule has 3 N–H and O–H groups in total. The van der Waals surface area contributed by atoms with Gasteiger partial charge in [-0.05, 0) is 45.0 Å². The topological polar surface area (TPSA) is 115 Å². The molecular weight excluding hydrogens is 387 g/mol. The minimum absolute atomic E-state index is 0.268. The van der Waals surface area contributed by atoms with Gasteiger partial charge >= 0.3 is 0 Å². The lowest BCUT2D eigenvalue weighted by molar-refractivity contribution is -0.00177. The second-order valence-electron chi connectivity index (χ2n) is 7.39. The van der Waals surface area contributed by atoms with Crippen molar-refractivity contribution in [1.29, 1.82) is 5.26 Å². The quantitative estimate of drug-likeness (QED) is 0.551. The number of hydrogen-bond acceptors (Lipinski definition) is 6. The van der Waals surface area contributed by atoms with Crippen LogP contribution in [0.15, 0.2) is 36.7 Å².